The third-order valence-corrected chi connectivity index (χ3v) is 3.72. The van der Waals surface area contributed by atoms with Crippen LogP contribution in [0.5, 0.6) is 0 Å². The number of hydrogen-bond donors (Lipinski definition) is 1. The summed E-state index contributed by atoms with van der Waals surface area (Å²) < 4.78 is 0.660. The molecule has 0 radical (unpaired) electrons. The van der Waals surface area contributed by atoms with E-state index in [2.05, 4.69) is 26.2 Å². The highest BCUT2D eigenvalue weighted by Crippen LogP contribution is 2.30. The summed E-state index contributed by atoms with van der Waals surface area (Å²) in [5, 5.41) is 3.31. The molecule has 0 saturated heterocycles. The number of nitrogens with one attached hydrogen (secondary N) is 1. The van der Waals surface area contributed by atoms with Crippen molar-refractivity contribution in [2.75, 3.05) is 5.32 Å². The molecule has 2 rings (SSSR count). The Balaban J connectivity index is 2.24. The van der Waals surface area contributed by atoms with Crippen LogP contribution in [0.25, 0.3) is 0 Å². The van der Waals surface area contributed by atoms with Crippen LogP contribution in [0.1, 0.15) is 16.2 Å². The van der Waals surface area contributed by atoms with Crippen LogP contribution in [0.4, 0.5) is 5.69 Å². The van der Waals surface area contributed by atoms with Gasteiger partial charge in [-0.05, 0) is 47.1 Å². The summed E-state index contributed by atoms with van der Waals surface area (Å²) in [5.74, 6) is -0.262. The van der Waals surface area contributed by atoms with Crippen molar-refractivity contribution >= 4 is 39.1 Å². The molecule has 0 fully saturated rings. The number of aryl methyl sites for hydroxylation is 1. The average molecular weight is 326 g/mol. The largest absolute Gasteiger partial charge is 0.320 e. The van der Waals surface area contributed by atoms with Crippen LogP contribution in [0.3, 0.4) is 0 Å². The summed E-state index contributed by atoms with van der Waals surface area (Å²) in [7, 11) is 0. The van der Waals surface area contributed by atoms with E-state index in [4.69, 9.17) is 11.6 Å². The van der Waals surface area contributed by atoms with E-state index in [9.17, 15) is 4.79 Å². The second kappa shape index (κ2) is 5.50. The number of carbonyl (C=O) groups excluding carboxylic acids is 1. The summed E-state index contributed by atoms with van der Waals surface area (Å²) in [4.78, 5) is 16.2. The summed E-state index contributed by atoms with van der Waals surface area (Å²) >= 11 is 9.28. The van der Waals surface area contributed by atoms with Crippen molar-refractivity contribution in [3.05, 3.63) is 57.3 Å². The molecule has 1 N–H and O–H groups in total. The number of hydrogen-bond acceptors (Lipinski definition) is 2. The Morgan fingerprint density at radius 3 is 2.72 bits per heavy atom. The fraction of sp³-hybridized carbons (Fsp3) is 0.0769. The van der Waals surface area contributed by atoms with Gasteiger partial charge in [0.2, 0.25) is 0 Å². The van der Waals surface area contributed by atoms with E-state index in [0.717, 1.165) is 5.69 Å². The minimum atomic E-state index is -0.262. The molecule has 0 bridgehead atoms. The fourth-order valence-corrected chi connectivity index (χ4v) is 1.99. The van der Waals surface area contributed by atoms with Crippen LogP contribution in [0, 0.1) is 6.92 Å². The predicted octanol–water partition coefficient (Wildman–Crippen LogP) is 4.06. The average Bonchev–Trinajstić information content (AvgIpc) is 2.35. The summed E-state index contributed by atoms with van der Waals surface area (Å²) in [6, 6.07) is 10.6. The van der Waals surface area contributed by atoms with Gasteiger partial charge in [0, 0.05) is 5.69 Å². The number of anilines is 1. The molecule has 0 saturated carbocycles. The minimum Gasteiger partial charge on any atom is -0.320 e. The fourth-order valence-electron chi connectivity index (χ4n) is 1.46. The molecule has 1 heterocycles. The molecule has 3 nitrogen and oxygen atoms in total. The maximum Gasteiger partial charge on any atom is 0.274 e. The lowest BCUT2D eigenvalue weighted by atomic mass is 10.2. The lowest BCUT2D eigenvalue weighted by molar-refractivity contribution is 0.102. The second-order valence-corrected chi connectivity index (χ2v) is 4.92. The summed E-state index contributed by atoms with van der Waals surface area (Å²) in [6.07, 6.45) is 0. The van der Waals surface area contributed by atoms with Crippen LogP contribution >= 0.6 is 27.5 Å². The molecule has 2 aromatic rings. The van der Waals surface area contributed by atoms with Crippen molar-refractivity contribution in [1.29, 1.82) is 0 Å². The Kier molecular flexibility index (Phi) is 3.99. The third-order valence-electron chi connectivity index (χ3n) is 2.32. The highest BCUT2D eigenvalue weighted by atomic mass is 79.9. The Labute approximate surface area is 118 Å². The zero-order chi connectivity index (χ0) is 13.1. The van der Waals surface area contributed by atoms with Crippen LogP contribution < -0.4 is 5.32 Å². The molecule has 18 heavy (non-hydrogen) atoms. The smallest absolute Gasteiger partial charge is 0.274 e. The Bertz CT molecular complexity index is 601. The highest BCUT2D eigenvalue weighted by molar-refractivity contribution is 9.10. The van der Waals surface area contributed by atoms with E-state index in [0.29, 0.717) is 20.9 Å². The van der Waals surface area contributed by atoms with Crippen molar-refractivity contribution < 1.29 is 4.79 Å². The maximum atomic E-state index is 12.0. The van der Waals surface area contributed by atoms with Gasteiger partial charge in [0.1, 0.15) is 5.69 Å². The quantitative estimate of drug-likeness (QED) is 0.905. The Morgan fingerprint density at radius 2 is 2.00 bits per heavy atom. The Morgan fingerprint density at radius 1 is 1.28 bits per heavy atom. The zero-order valence-electron chi connectivity index (χ0n) is 9.58. The first kappa shape index (κ1) is 13.1. The van der Waals surface area contributed by atoms with Gasteiger partial charge in [-0.1, -0.05) is 23.7 Å². The van der Waals surface area contributed by atoms with Gasteiger partial charge < -0.3 is 5.32 Å². The SMILES string of the molecule is Cc1cccc(C(=O)Nc2cccc(Cl)c2Br)n1. The summed E-state index contributed by atoms with van der Waals surface area (Å²) in [5.41, 5.74) is 1.80. The van der Waals surface area contributed by atoms with Gasteiger partial charge in [-0.15, -0.1) is 0 Å². The molecule has 5 heteroatoms. The van der Waals surface area contributed by atoms with Crippen LogP contribution in [0.15, 0.2) is 40.9 Å². The molecule has 0 spiro atoms. The molecule has 0 aliphatic rings. The first-order valence-corrected chi connectivity index (χ1v) is 6.44. The Hall–Kier alpha value is -1.39. The van der Waals surface area contributed by atoms with Crippen LogP contribution in [-0.2, 0) is 0 Å². The van der Waals surface area contributed by atoms with E-state index in [1.54, 1.807) is 30.3 Å². The van der Waals surface area contributed by atoms with Gasteiger partial charge in [0.05, 0.1) is 15.2 Å². The van der Waals surface area contributed by atoms with Crippen molar-refractivity contribution in [2.45, 2.75) is 6.92 Å². The molecule has 0 aliphatic carbocycles. The molecule has 0 atom stereocenters. The predicted molar refractivity (Wildman–Crippen MR) is 76.1 cm³/mol. The van der Waals surface area contributed by atoms with Gasteiger partial charge >= 0.3 is 0 Å². The molecule has 1 amide bonds. The van der Waals surface area contributed by atoms with E-state index >= 15 is 0 Å². The number of carbonyl (C=O) groups is 1. The second-order valence-electron chi connectivity index (χ2n) is 3.72. The molecule has 1 aromatic carbocycles. The van der Waals surface area contributed by atoms with Crippen molar-refractivity contribution in [3.8, 4) is 0 Å². The van der Waals surface area contributed by atoms with Crippen molar-refractivity contribution in [3.63, 3.8) is 0 Å². The van der Waals surface area contributed by atoms with Crippen molar-refractivity contribution in [1.82, 2.24) is 4.98 Å². The van der Waals surface area contributed by atoms with Gasteiger partial charge in [-0.3, -0.25) is 4.79 Å². The van der Waals surface area contributed by atoms with Gasteiger partial charge in [0.25, 0.3) is 5.91 Å². The molecular formula is C13H10BrClN2O. The summed E-state index contributed by atoms with van der Waals surface area (Å²) in [6.45, 7) is 1.84. The number of nitrogens with zero attached hydrogens (tertiary/aromatic N) is 1. The highest BCUT2D eigenvalue weighted by Gasteiger charge is 2.10. The van der Waals surface area contributed by atoms with Gasteiger partial charge in [-0.2, -0.15) is 0 Å². The van der Waals surface area contributed by atoms with Crippen LogP contribution in [0.2, 0.25) is 5.02 Å². The van der Waals surface area contributed by atoms with E-state index in [1.165, 1.54) is 0 Å². The number of halogens is 2. The topological polar surface area (TPSA) is 42.0 Å². The number of pyridine rings is 1. The molecule has 0 unspecified atom stereocenters. The van der Waals surface area contributed by atoms with Crippen molar-refractivity contribution in [2.24, 2.45) is 0 Å². The zero-order valence-corrected chi connectivity index (χ0v) is 11.9. The normalized spacial score (nSPS) is 10.2. The number of aromatic nitrogens is 1. The van der Waals surface area contributed by atoms with Gasteiger partial charge in [-0.25, -0.2) is 4.98 Å². The number of amides is 1. The standard InChI is InChI=1S/C13H10BrClN2O/c1-8-4-2-7-11(16-8)13(18)17-10-6-3-5-9(15)12(10)14/h2-7H,1H3,(H,17,18). The van der Waals surface area contributed by atoms with Gasteiger partial charge in [0.15, 0.2) is 0 Å². The first-order chi connectivity index (χ1) is 8.58. The third kappa shape index (κ3) is 2.89. The first-order valence-electron chi connectivity index (χ1n) is 5.27. The number of benzene rings is 1. The molecule has 92 valence electrons. The van der Waals surface area contributed by atoms with E-state index in [-0.39, 0.29) is 5.91 Å². The lowest BCUT2D eigenvalue weighted by Crippen LogP contribution is -2.14. The number of rotatable bonds is 2. The maximum absolute atomic E-state index is 12.0. The minimum absolute atomic E-state index is 0.262. The molecule has 0 aliphatic heterocycles. The molecular weight excluding hydrogens is 316 g/mol. The lowest BCUT2D eigenvalue weighted by Gasteiger charge is -2.08. The van der Waals surface area contributed by atoms with Crippen LogP contribution in [-0.4, -0.2) is 10.9 Å². The molecule has 1 aromatic heterocycles. The van der Waals surface area contributed by atoms with E-state index in [1.807, 2.05) is 13.0 Å². The van der Waals surface area contributed by atoms with E-state index < -0.39 is 0 Å². The monoisotopic (exact) mass is 324 g/mol.